The number of ketones is 4. The number of ether oxygens (including phenoxy) is 1. The Hall–Kier alpha value is -3.15. The van der Waals surface area contributed by atoms with Crippen LogP contribution in [-0.4, -0.2) is 94.0 Å². The number of nitrogens with two attached hydrogens (primary N) is 1. The lowest BCUT2D eigenvalue weighted by atomic mass is 9.52. The molecule has 2 unspecified atom stereocenters. The number of likely N-dealkylation sites (tertiary alicyclic amines) is 1. The Morgan fingerprint density at radius 1 is 1.20 bits per heavy atom. The first kappa shape index (κ1) is 28.4. The van der Waals surface area contributed by atoms with E-state index in [1.807, 2.05) is 0 Å². The number of benzene rings is 1. The highest BCUT2D eigenvalue weighted by Gasteiger charge is 2.69. The highest BCUT2D eigenvalue weighted by atomic mass is 16.5. The first-order chi connectivity index (χ1) is 18.7. The summed E-state index contributed by atoms with van der Waals surface area (Å²) in [5.41, 5.74) is 3.72. The minimum atomic E-state index is -2.74. The zero-order chi connectivity index (χ0) is 29.5. The van der Waals surface area contributed by atoms with Gasteiger partial charge in [-0.05, 0) is 72.2 Å². The molecule has 4 aliphatic rings. The monoisotopic (exact) mass is 555 g/mol. The fourth-order valence-corrected chi connectivity index (χ4v) is 7.75. The molecule has 0 bridgehead atoms. The van der Waals surface area contributed by atoms with Crippen LogP contribution in [0.5, 0.6) is 11.5 Å². The molecule has 1 heterocycles. The number of rotatable bonds is 5. The topological polar surface area (TPSA) is 168 Å². The van der Waals surface area contributed by atoms with Gasteiger partial charge in [-0.2, -0.15) is 0 Å². The summed E-state index contributed by atoms with van der Waals surface area (Å²) in [5.74, 6) is -10.1. The van der Waals surface area contributed by atoms with Crippen LogP contribution in [0.15, 0.2) is 6.07 Å². The van der Waals surface area contributed by atoms with Gasteiger partial charge in [0.15, 0.2) is 34.7 Å². The summed E-state index contributed by atoms with van der Waals surface area (Å²) in [7, 11) is 4.61. The smallest absolute Gasteiger partial charge is 0.235 e. The van der Waals surface area contributed by atoms with E-state index in [-0.39, 0.29) is 29.7 Å². The number of carbonyl (C=O) groups is 5. The zero-order valence-electron chi connectivity index (χ0n) is 23.5. The normalized spacial score (nSPS) is 33.5. The molecule has 1 aliphatic heterocycles. The first-order valence-corrected chi connectivity index (χ1v) is 13.7. The van der Waals surface area contributed by atoms with Crippen molar-refractivity contribution in [2.24, 2.45) is 29.4 Å². The van der Waals surface area contributed by atoms with Crippen LogP contribution in [-0.2, 0) is 32.1 Å². The maximum Gasteiger partial charge on any atom is 0.235 e. The second-order valence-electron chi connectivity index (χ2n) is 12.6. The SMILES string of the molecule is COc1c(CN2CCCC2(C)C)cc(O)c2c1C[C@H]1C[C@H]3[C@H](N(C)C)C(=O)C(C(N)=O)C(=O)[C@@]3(O)C(=O)C1C2=O. The van der Waals surface area contributed by atoms with Crippen molar-refractivity contribution in [3.05, 3.63) is 22.8 Å². The van der Waals surface area contributed by atoms with Gasteiger partial charge in [0.2, 0.25) is 5.91 Å². The van der Waals surface area contributed by atoms with E-state index in [9.17, 15) is 34.2 Å². The van der Waals surface area contributed by atoms with Gasteiger partial charge in [-0.15, -0.1) is 0 Å². The molecule has 216 valence electrons. The Bertz CT molecular complexity index is 1340. The number of hydrogen-bond donors (Lipinski definition) is 3. The van der Waals surface area contributed by atoms with Crippen molar-refractivity contribution in [3.63, 3.8) is 0 Å². The van der Waals surface area contributed by atoms with Crippen molar-refractivity contribution in [2.75, 3.05) is 27.7 Å². The fraction of sp³-hybridized carbons (Fsp3) is 0.621. The highest BCUT2D eigenvalue weighted by Crippen LogP contribution is 2.52. The molecular formula is C29H37N3O8. The molecule has 3 fully saturated rings. The molecule has 5 rings (SSSR count). The van der Waals surface area contributed by atoms with Crippen LogP contribution in [0.2, 0.25) is 0 Å². The van der Waals surface area contributed by atoms with Crippen molar-refractivity contribution < 1.29 is 38.9 Å². The molecule has 1 aromatic rings. The van der Waals surface area contributed by atoms with Crippen LogP contribution in [0.3, 0.4) is 0 Å². The van der Waals surface area contributed by atoms with Crippen molar-refractivity contribution in [1.29, 1.82) is 0 Å². The molecule has 2 saturated carbocycles. The number of aliphatic hydroxyl groups is 1. The predicted molar refractivity (Wildman–Crippen MR) is 142 cm³/mol. The van der Waals surface area contributed by atoms with E-state index in [1.165, 1.54) is 18.1 Å². The number of likely N-dealkylation sites (N-methyl/N-ethyl adjacent to an activating group) is 1. The first-order valence-electron chi connectivity index (χ1n) is 13.7. The number of aromatic hydroxyl groups is 1. The van der Waals surface area contributed by atoms with Gasteiger partial charge in [-0.25, -0.2) is 0 Å². The summed E-state index contributed by atoms with van der Waals surface area (Å²) in [6.07, 6.45) is 2.24. The zero-order valence-corrected chi connectivity index (χ0v) is 23.5. The number of phenolic OH excluding ortho intramolecular Hbond substituents is 1. The number of fused-ring (bicyclic) bond motifs is 3. The maximum atomic E-state index is 13.9. The quantitative estimate of drug-likeness (QED) is 0.429. The van der Waals surface area contributed by atoms with E-state index in [0.29, 0.717) is 17.9 Å². The van der Waals surface area contributed by atoms with Gasteiger partial charge in [0, 0.05) is 29.1 Å². The van der Waals surface area contributed by atoms with E-state index in [0.717, 1.165) is 24.9 Å². The predicted octanol–water partition coefficient (Wildman–Crippen LogP) is 0.250. The molecule has 11 nitrogen and oxygen atoms in total. The number of methoxy groups -OCH3 is 1. The number of nitrogens with zero attached hydrogens (tertiary/aromatic N) is 2. The standard InChI is InChI=1S/C29H37N3O8/c1-28(2)7-6-8-32(28)12-14-11-17(33)19-15(24(14)40-5)9-13-10-16-21(31(3)4)23(35)20(27(30)38)26(37)29(16,39)25(36)18(13)22(19)34/h11,13,16,18,20-21,33,39H,6-10,12H2,1-5H3,(H2,30,38)/t13-,16-,18?,20?,21-,29-/m0/s1. The number of primary amides is 1. The molecule has 0 aromatic heterocycles. The van der Waals surface area contributed by atoms with Gasteiger partial charge in [0.05, 0.1) is 24.6 Å². The van der Waals surface area contributed by atoms with Crippen LogP contribution < -0.4 is 10.5 Å². The minimum Gasteiger partial charge on any atom is -0.507 e. The summed E-state index contributed by atoms with van der Waals surface area (Å²) < 4.78 is 5.80. The summed E-state index contributed by atoms with van der Waals surface area (Å²) >= 11 is 0. The van der Waals surface area contributed by atoms with Gasteiger partial charge in [0.1, 0.15) is 11.5 Å². The van der Waals surface area contributed by atoms with Crippen molar-refractivity contribution in [1.82, 2.24) is 9.80 Å². The maximum absolute atomic E-state index is 13.9. The van der Waals surface area contributed by atoms with E-state index in [1.54, 1.807) is 14.1 Å². The third-order valence-electron chi connectivity index (χ3n) is 9.73. The van der Waals surface area contributed by atoms with Crippen LogP contribution >= 0.6 is 0 Å². The summed E-state index contributed by atoms with van der Waals surface area (Å²) in [4.78, 5) is 70.3. The molecule has 0 radical (unpaired) electrons. The lowest BCUT2D eigenvalue weighted by Gasteiger charge is -2.52. The van der Waals surface area contributed by atoms with Crippen LogP contribution in [0, 0.1) is 23.7 Å². The third-order valence-corrected chi connectivity index (χ3v) is 9.73. The van der Waals surface area contributed by atoms with Crippen molar-refractivity contribution in [2.45, 2.75) is 63.3 Å². The van der Waals surface area contributed by atoms with Gasteiger partial charge in [0.25, 0.3) is 0 Å². The molecule has 3 aliphatic carbocycles. The van der Waals surface area contributed by atoms with Gasteiger partial charge >= 0.3 is 0 Å². The summed E-state index contributed by atoms with van der Waals surface area (Å²) in [6, 6.07) is 0.353. The van der Waals surface area contributed by atoms with Gasteiger partial charge < -0.3 is 20.7 Å². The molecular weight excluding hydrogens is 518 g/mol. The number of phenols is 1. The lowest BCUT2D eigenvalue weighted by Crippen LogP contribution is -2.74. The van der Waals surface area contributed by atoms with E-state index in [2.05, 4.69) is 18.7 Å². The molecule has 1 aromatic carbocycles. The van der Waals surface area contributed by atoms with E-state index < -0.39 is 64.4 Å². The molecule has 6 atom stereocenters. The second kappa shape index (κ2) is 9.46. The van der Waals surface area contributed by atoms with Crippen molar-refractivity contribution >= 4 is 29.0 Å². The van der Waals surface area contributed by atoms with Gasteiger partial charge in [-0.1, -0.05) is 0 Å². The Labute approximate surface area is 232 Å². The van der Waals surface area contributed by atoms with Crippen LogP contribution in [0.4, 0.5) is 0 Å². The fourth-order valence-electron chi connectivity index (χ4n) is 7.75. The number of amides is 1. The molecule has 1 amide bonds. The van der Waals surface area contributed by atoms with Crippen LogP contribution in [0.1, 0.15) is 54.6 Å². The van der Waals surface area contributed by atoms with Crippen LogP contribution in [0.25, 0.3) is 0 Å². The number of Topliss-reactive ketones (excluding diaryl/α,β-unsaturated/α-hetero) is 4. The Kier molecular flexibility index (Phi) is 6.71. The summed E-state index contributed by atoms with van der Waals surface area (Å²) in [6.45, 7) is 5.70. The number of hydrogen-bond acceptors (Lipinski definition) is 10. The summed E-state index contributed by atoms with van der Waals surface area (Å²) in [5, 5.41) is 22.8. The minimum absolute atomic E-state index is 0.00278. The largest absolute Gasteiger partial charge is 0.507 e. The van der Waals surface area contributed by atoms with Gasteiger partial charge in [-0.3, -0.25) is 33.8 Å². The Balaban J connectivity index is 1.60. The average Bonchev–Trinajstić information content (AvgIpc) is 3.18. The van der Waals surface area contributed by atoms with Crippen molar-refractivity contribution in [3.8, 4) is 11.5 Å². The van der Waals surface area contributed by atoms with E-state index >= 15 is 0 Å². The Morgan fingerprint density at radius 2 is 1.88 bits per heavy atom. The highest BCUT2D eigenvalue weighted by molar-refractivity contribution is 6.32. The average molecular weight is 556 g/mol. The molecule has 4 N–H and O–H groups in total. The Morgan fingerprint density at radius 3 is 2.42 bits per heavy atom. The molecule has 0 spiro atoms. The van der Waals surface area contributed by atoms with E-state index in [4.69, 9.17) is 10.5 Å². The molecule has 1 saturated heterocycles. The number of carbonyl (C=O) groups excluding carboxylic acids is 5. The third kappa shape index (κ3) is 3.85. The second-order valence-corrected chi connectivity index (χ2v) is 12.6. The molecule has 40 heavy (non-hydrogen) atoms. The lowest BCUT2D eigenvalue weighted by molar-refractivity contribution is -0.181. The molecule has 11 heteroatoms.